The van der Waals surface area contributed by atoms with Gasteiger partial charge in [-0.2, -0.15) is 0 Å². The van der Waals surface area contributed by atoms with Gasteiger partial charge in [0.2, 0.25) is 0 Å². The third-order valence-electron chi connectivity index (χ3n) is 7.11. The maximum Gasteiger partial charge on any atom is 0.126 e. The molecule has 2 heteroatoms. The van der Waals surface area contributed by atoms with Crippen LogP contribution in [-0.4, -0.2) is 24.0 Å². The highest BCUT2D eigenvalue weighted by molar-refractivity contribution is 5.19. The van der Waals surface area contributed by atoms with Crippen LogP contribution >= 0.6 is 0 Å². The molecule has 0 radical (unpaired) electrons. The van der Waals surface area contributed by atoms with Gasteiger partial charge in [-0.1, -0.05) is 145 Å². The Hall–Kier alpha value is -2.45. The van der Waals surface area contributed by atoms with E-state index in [-0.39, 0.29) is 5.82 Å². The van der Waals surface area contributed by atoms with Gasteiger partial charge in [0.05, 0.1) is 0 Å². The molecule has 46 heavy (non-hydrogen) atoms. The number of hydrogen-bond donors (Lipinski definition) is 0. The van der Waals surface area contributed by atoms with Crippen LogP contribution in [-0.2, 0) is 0 Å². The van der Waals surface area contributed by atoms with Crippen molar-refractivity contribution in [1.29, 1.82) is 0 Å². The summed E-state index contributed by atoms with van der Waals surface area (Å²) in [5, 5.41) is 0. The second-order valence-electron chi connectivity index (χ2n) is 12.0. The Morgan fingerprint density at radius 1 is 0.717 bits per heavy atom. The summed E-state index contributed by atoms with van der Waals surface area (Å²) in [7, 11) is 0. The highest BCUT2D eigenvalue weighted by atomic mass is 19.1. The minimum atomic E-state index is -0.132. The maximum atomic E-state index is 12.3. The molecule has 0 heterocycles. The minimum Gasteiger partial charge on any atom is -0.300 e. The predicted octanol–water partition coefficient (Wildman–Crippen LogP) is 14.8. The van der Waals surface area contributed by atoms with Gasteiger partial charge >= 0.3 is 0 Å². The number of hydrogen-bond acceptors (Lipinski definition) is 1. The molecule has 0 bridgehead atoms. The molecule has 0 saturated heterocycles. The zero-order chi connectivity index (χ0) is 36.0. The van der Waals surface area contributed by atoms with Crippen LogP contribution in [0.25, 0.3) is 0 Å². The predicted molar refractivity (Wildman–Crippen MR) is 213 cm³/mol. The van der Waals surface area contributed by atoms with E-state index in [2.05, 4.69) is 118 Å². The van der Waals surface area contributed by atoms with Crippen molar-refractivity contribution >= 4 is 0 Å². The van der Waals surface area contributed by atoms with Crippen molar-refractivity contribution < 1.29 is 4.39 Å². The number of benzene rings is 2. The van der Waals surface area contributed by atoms with Crippen molar-refractivity contribution in [3.05, 3.63) is 109 Å². The molecule has 0 amide bonds. The Labute approximate surface area is 289 Å². The summed E-state index contributed by atoms with van der Waals surface area (Å²) in [6.45, 7) is 37.6. The molecule has 0 N–H and O–H groups in total. The number of aryl methyl sites for hydroxylation is 3. The van der Waals surface area contributed by atoms with Gasteiger partial charge in [0.15, 0.2) is 0 Å². The van der Waals surface area contributed by atoms with Crippen LogP contribution in [0.15, 0.2) is 86.5 Å². The molecule has 266 valence electrons. The smallest absolute Gasteiger partial charge is 0.126 e. The second-order valence-corrected chi connectivity index (χ2v) is 12.0. The summed E-state index contributed by atoms with van der Waals surface area (Å²) in [5.74, 6) is -0.132. The molecule has 0 saturated carbocycles. The van der Waals surface area contributed by atoms with Gasteiger partial charge in [0.25, 0.3) is 0 Å². The zero-order valence-electron chi connectivity index (χ0n) is 32.5. The first-order chi connectivity index (χ1) is 22.1. The lowest BCUT2D eigenvalue weighted by atomic mass is 10.1. The molecule has 1 atom stereocenters. The van der Waals surface area contributed by atoms with E-state index in [4.69, 9.17) is 0 Å². The van der Waals surface area contributed by atoms with Crippen LogP contribution in [0.1, 0.15) is 149 Å². The normalized spacial score (nSPS) is 10.1. The van der Waals surface area contributed by atoms with Crippen LogP contribution < -0.4 is 0 Å². The standard InChI is InChI=1S/C12H27N.C9H18.C8H10.C7H7F.C6H12.C2H4/c1-5-9-12(8-4)13(10-6-2)11-7-3;1-3-5-7-9-8-6-4-2;1-7-3-5-8(2)6-4-7;1-6-4-2-3-5-7(6)8;1-4-5-6(2)3;1-2/h12H,5-11H2,1-4H3;3H,1,4-9H2,2H3;3-6H,1-2H3;2-5H,1H3;2,4-5H2,1,3H3;1-2H2. The Bertz CT molecular complexity index is 837. The van der Waals surface area contributed by atoms with Crippen molar-refractivity contribution in [1.82, 2.24) is 4.90 Å². The first-order valence-corrected chi connectivity index (χ1v) is 18.3. The van der Waals surface area contributed by atoms with E-state index in [0.29, 0.717) is 5.56 Å². The minimum absolute atomic E-state index is 0.132. The van der Waals surface area contributed by atoms with Crippen molar-refractivity contribution in [2.24, 2.45) is 0 Å². The molecular weight excluding hydrogens is 561 g/mol. The van der Waals surface area contributed by atoms with Gasteiger partial charge in [0, 0.05) is 6.04 Å². The fraction of sp³-hybridized carbons (Fsp3) is 0.591. The third-order valence-corrected chi connectivity index (χ3v) is 7.11. The Morgan fingerprint density at radius 3 is 1.52 bits per heavy atom. The maximum absolute atomic E-state index is 12.3. The van der Waals surface area contributed by atoms with Gasteiger partial charge in [-0.25, -0.2) is 4.39 Å². The summed E-state index contributed by atoms with van der Waals surface area (Å²) in [5.41, 5.74) is 4.65. The lowest BCUT2D eigenvalue weighted by Crippen LogP contribution is -2.36. The molecule has 0 fully saturated rings. The summed E-state index contributed by atoms with van der Waals surface area (Å²) in [4.78, 5) is 2.67. The number of unbranched alkanes of at least 4 members (excludes halogenated alkanes) is 5. The Kier molecular flexibility index (Phi) is 44.5. The quantitative estimate of drug-likeness (QED) is 0.130. The topological polar surface area (TPSA) is 3.24 Å². The van der Waals surface area contributed by atoms with Gasteiger partial charge in [-0.15, -0.1) is 26.3 Å². The van der Waals surface area contributed by atoms with Crippen molar-refractivity contribution in [2.45, 2.75) is 159 Å². The van der Waals surface area contributed by atoms with E-state index in [0.717, 1.165) is 6.04 Å². The first-order valence-electron chi connectivity index (χ1n) is 18.3. The molecule has 2 rings (SSSR count). The molecule has 1 nitrogen and oxygen atoms in total. The van der Waals surface area contributed by atoms with Gasteiger partial charge in [-0.05, 0) is 97.4 Å². The van der Waals surface area contributed by atoms with E-state index in [1.807, 2.05) is 12.1 Å². The van der Waals surface area contributed by atoms with Gasteiger partial charge in [-0.3, -0.25) is 0 Å². The van der Waals surface area contributed by atoms with E-state index >= 15 is 0 Å². The van der Waals surface area contributed by atoms with Crippen LogP contribution in [0.5, 0.6) is 0 Å². The van der Waals surface area contributed by atoms with Crippen molar-refractivity contribution in [3.8, 4) is 0 Å². The van der Waals surface area contributed by atoms with E-state index in [9.17, 15) is 4.39 Å². The average molecular weight is 640 g/mol. The summed E-state index contributed by atoms with van der Waals surface area (Å²) < 4.78 is 12.3. The van der Waals surface area contributed by atoms with Crippen LogP contribution in [0.2, 0.25) is 0 Å². The van der Waals surface area contributed by atoms with E-state index < -0.39 is 0 Å². The molecular formula is C44H78FN. The molecule has 0 aliphatic rings. The second kappa shape index (κ2) is 40.6. The average Bonchev–Trinajstić information content (AvgIpc) is 3.05. The molecule has 0 aliphatic carbocycles. The SMILES string of the molecule is C=C.C=C(C)CCC.C=CCCCCCCC.CCCC(CC)N(CCC)CCC.Cc1ccc(C)cc1.Cc1ccccc1F. The first kappa shape index (κ1) is 50.4. The van der Waals surface area contributed by atoms with Gasteiger partial charge < -0.3 is 4.90 Å². The summed E-state index contributed by atoms with van der Waals surface area (Å²) >= 11 is 0. The fourth-order valence-electron chi connectivity index (χ4n) is 4.54. The van der Waals surface area contributed by atoms with Crippen molar-refractivity contribution in [3.63, 3.8) is 0 Å². The molecule has 1 unspecified atom stereocenters. The third kappa shape index (κ3) is 37.7. The molecule has 0 aliphatic heterocycles. The highest BCUT2D eigenvalue weighted by Gasteiger charge is 2.13. The summed E-state index contributed by atoms with van der Waals surface area (Å²) in [6.07, 6.45) is 19.1. The van der Waals surface area contributed by atoms with Crippen molar-refractivity contribution in [2.75, 3.05) is 13.1 Å². The molecule has 2 aromatic rings. The van der Waals surface area contributed by atoms with E-state index in [1.165, 1.54) is 119 Å². The zero-order valence-corrected chi connectivity index (χ0v) is 32.5. The van der Waals surface area contributed by atoms with Crippen LogP contribution in [0.3, 0.4) is 0 Å². The monoisotopic (exact) mass is 640 g/mol. The highest BCUT2D eigenvalue weighted by Crippen LogP contribution is 2.12. The summed E-state index contributed by atoms with van der Waals surface area (Å²) in [6, 6.07) is 16.0. The largest absolute Gasteiger partial charge is 0.300 e. The molecule has 2 aromatic carbocycles. The number of halogens is 1. The van der Waals surface area contributed by atoms with Gasteiger partial charge in [0.1, 0.15) is 5.82 Å². The molecule has 0 aromatic heterocycles. The number of allylic oxidation sites excluding steroid dienone is 2. The Balaban J connectivity index is -0.000000241. The Morgan fingerprint density at radius 2 is 1.22 bits per heavy atom. The lowest BCUT2D eigenvalue weighted by Gasteiger charge is -2.30. The fourth-order valence-corrected chi connectivity index (χ4v) is 4.54. The number of rotatable bonds is 16. The molecule has 0 spiro atoms. The van der Waals surface area contributed by atoms with E-state index in [1.54, 1.807) is 19.1 Å². The van der Waals surface area contributed by atoms with Crippen LogP contribution in [0.4, 0.5) is 4.39 Å². The number of nitrogens with zero attached hydrogens (tertiary/aromatic N) is 1. The van der Waals surface area contributed by atoms with Crippen LogP contribution in [0, 0.1) is 26.6 Å². The lowest BCUT2D eigenvalue weighted by molar-refractivity contribution is 0.180.